The molecule has 0 saturated carbocycles. The number of ether oxygens (including phenoxy) is 1. The van der Waals surface area contributed by atoms with Crippen LogP contribution in [0.2, 0.25) is 0 Å². The van der Waals surface area contributed by atoms with E-state index in [4.69, 9.17) is 9.84 Å². The van der Waals surface area contributed by atoms with E-state index in [1.165, 1.54) is 11.0 Å². The molecule has 0 atom stereocenters. The molecule has 0 bridgehead atoms. The monoisotopic (exact) mass is 303 g/mol. The van der Waals surface area contributed by atoms with Crippen LogP contribution < -0.4 is 10.1 Å². The first-order valence-corrected chi connectivity index (χ1v) is 7.76. The summed E-state index contributed by atoms with van der Waals surface area (Å²) in [4.78, 5) is 12.2. The van der Waals surface area contributed by atoms with Crippen LogP contribution in [-0.4, -0.2) is 30.5 Å². The van der Waals surface area contributed by atoms with Crippen molar-refractivity contribution in [3.63, 3.8) is 0 Å². The van der Waals surface area contributed by atoms with Gasteiger partial charge in [-0.3, -0.25) is 0 Å². The second-order valence-corrected chi connectivity index (χ2v) is 5.19. The number of para-hydroxylation sites is 1. The number of aromatic carboxylic acids is 1. The van der Waals surface area contributed by atoms with Crippen molar-refractivity contribution in [3.05, 3.63) is 54.1 Å². The van der Waals surface area contributed by atoms with E-state index in [0.29, 0.717) is 18.9 Å². The molecule has 0 radical (unpaired) electrons. The molecule has 0 aliphatic heterocycles. The minimum absolute atomic E-state index is 0.182. The van der Waals surface area contributed by atoms with Crippen LogP contribution >= 0.6 is 11.8 Å². The molecule has 0 aromatic heterocycles. The third-order valence-corrected chi connectivity index (χ3v) is 3.60. The molecular formula is C16H17NO3S. The van der Waals surface area contributed by atoms with E-state index in [-0.39, 0.29) is 5.56 Å². The van der Waals surface area contributed by atoms with Crippen LogP contribution in [-0.2, 0) is 0 Å². The number of anilines is 1. The highest BCUT2D eigenvalue weighted by molar-refractivity contribution is 7.98. The van der Waals surface area contributed by atoms with Crippen molar-refractivity contribution in [2.24, 2.45) is 0 Å². The Labute approximate surface area is 128 Å². The summed E-state index contributed by atoms with van der Waals surface area (Å²) in [6.45, 7) is 1.000. The molecule has 0 spiro atoms. The molecule has 110 valence electrons. The van der Waals surface area contributed by atoms with Crippen LogP contribution in [0.25, 0.3) is 0 Å². The quantitative estimate of drug-likeness (QED) is 0.604. The molecule has 0 aliphatic rings. The lowest BCUT2D eigenvalue weighted by Gasteiger charge is -2.11. The largest absolute Gasteiger partial charge is 0.491 e. The van der Waals surface area contributed by atoms with Gasteiger partial charge in [0.05, 0.1) is 0 Å². The fraction of sp³-hybridized carbons (Fsp3) is 0.188. The van der Waals surface area contributed by atoms with Crippen molar-refractivity contribution in [2.45, 2.75) is 4.90 Å². The number of hydrogen-bond acceptors (Lipinski definition) is 4. The Bertz CT molecular complexity index is 616. The summed E-state index contributed by atoms with van der Waals surface area (Å²) in [5, 5.41) is 12.3. The molecule has 2 aromatic carbocycles. The lowest BCUT2D eigenvalue weighted by molar-refractivity contribution is 0.0692. The van der Waals surface area contributed by atoms with Crippen molar-refractivity contribution in [2.75, 3.05) is 24.7 Å². The number of carbonyl (C=O) groups is 1. The topological polar surface area (TPSA) is 58.6 Å². The van der Waals surface area contributed by atoms with Gasteiger partial charge in [-0.2, -0.15) is 0 Å². The predicted molar refractivity (Wildman–Crippen MR) is 85.6 cm³/mol. The lowest BCUT2D eigenvalue weighted by atomic mass is 10.2. The molecule has 0 fully saturated rings. The highest BCUT2D eigenvalue weighted by Gasteiger charge is 2.09. The molecule has 0 heterocycles. The standard InChI is InChI=1S/C16H17NO3S/c1-21-13-6-4-5-12(11-13)17-9-10-20-15-8-3-2-7-14(15)16(18)19/h2-8,11,17H,9-10H2,1H3,(H,18,19). The van der Waals surface area contributed by atoms with Gasteiger partial charge in [0.1, 0.15) is 17.9 Å². The van der Waals surface area contributed by atoms with Crippen LogP contribution in [0.3, 0.4) is 0 Å². The molecule has 21 heavy (non-hydrogen) atoms. The molecule has 0 unspecified atom stereocenters. The van der Waals surface area contributed by atoms with Crippen molar-refractivity contribution < 1.29 is 14.6 Å². The summed E-state index contributed by atoms with van der Waals surface area (Å²) in [6.07, 6.45) is 2.03. The van der Waals surface area contributed by atoms with Crippen LogP contribution in [0, 0.1) is 0 Å². The molecule has 2 aromatic rings. The van der Waals surface area contributed by atoms with Gasteiger partial charge in [0.2, 0.25) is 0 Å². The molecular weight excluding hydrogens is 286 g/mol. The van der Waals surface area contributed by atoms with Gasteiger partial charge in [0.25, 0.3) is 0 Å². The smallest absolute Gasteiger partial charge is 0.339 e. The second kappa shape index (κ2) is 7.59. The van der Waals surface area contributed by atoms with Gasteiger partial charge >= 0.3 is 5.97 Å². The zero-order valence-corrected chi connectivity index (χ0v) is 12.5. The summed E-state index contributed by atoms with van der Waals surface area (Å²) in [5.74, 6) is -0.587. The Morgan fingerprint density at radius 1 is 1.24 bits per heavy atom. The summed E-state index contributed by atoms with van der Waals surface area (Å²) >= 11 is 1.69. The number of benzene rings is 2. The zero-order valence-electron chi connectivity index (χ0n) is 11.7. The van der Waals surface area contributed by atoms with Gasteiger partial charge in [-0.25, -0.2) is 4.79 Å². The van der Waals surface area contributed by atoms with E-state index in [2.05, 4.69) is 17.4 Å². The molecule has 0 aliphatic carbocycles. The number of nitrogens with one attached hydrogen (secondary N) is 1. The van der Waals surface area contributed by atoms with Gasteiger partial charge in [-0.1, -0.05) is 18.2 Å². The van der Waals surface area contributed by atoms with Gasteiger partial charge in [-0.15, -0.1) is 11.8 Å². The Hall–Kier alpha value is -2.14. The SMILES string of the molecule is CSc1cccc(NCCOc2ccccc2C(=O)O)c1. The number of carboxylic acid groups (broad SMARTS) is 1. The van der Waals surface area contributed by atoms with E-state index in [0.717, 1.165) is 5.69 Å². The third kappa shape index (κ3) is 4.43. The number of carboxylic acids is 1. The maximum atomic E-state index is 11.0. The first-order valence-electron chi connectivity index (χ1n) is 6.54. The number of rotatable bonds is 7. The van der Waals surface area contributed by atoms with Crippen LogP contribution in [0.1, 0.15) is 10.4 Å². The normalized spacial score (nSPS) is 10.1. The lowest BCUT2D eigenvalue weighted by Crippen LogP contribution is -2.13. The molecule has 4 nitrogen and oxygen atoms in total. The first-order chi connectivity index (χ1) is 10.2. The molecule has 0 saturated heterocycles. The summed E-state index contributed by atoms with van der Waals surface area (Å²) in [6, 6.07) is 14.7. The van der Waals surface area contributed by atoms with Crippen LogP contribution in [0.15, 0.2) is 53.4 Å². The van der Waals surface area contributed by atoms with E-state index < -0.39 is 5.97 Å². The van der Waals surface area contributed by atoms with Crippen LogP contribution in [0.4, 0.5) is 5.69 Å². The van der Waals surface area contributed by atoms with Gasteiger partial charge in [0, 0.05) is 17.1 Å². The first kappa shape index (κ1) is 15.3. The van der Waals surface area contributed by atoms with E-state index in [9.17, 15) is 4.79 Å². The fourth-order valence-corrected chi connectivity index (χ4v) is 2.32. The minimum Gasteiger partial charge on any atom is -0.491 e. The second-order valence-electron chi connectivity index (χ2n) is 4.31. The van der Waals surface area contributed by atoms with Crippen molar-refractivity contribution in [1.29, 1.82) is 0 Å². The highest BCUT2D eigenvalue weighted by Crippen LogP contribution is 2.19. The third-order valence-electron chi connectivity index (χ3n) is 2.88. The van der Waals surface area contributed by atoms with Crippen molar-refractivity contribution in [1.82, 2.24) is 0 Å². The zero-order chi connectivity index (χ0) is 15.1. The maximum absolute atomic E-state index is 11.0. The van der Waals surface area contributed by atoms with Crippen molar-refractivity contribution in [3.8, 4) is 5.75 Å². The average Bonchev–Trinajstić information content (AvgIpc) is 2.52. The maximum Gasteiger partial charge on any atom is 0.339 e. The van der Waals surface area contributed by atoms with E-state index >= 15 is 0 Å². The van der Waals surface area contributed by atoms with Gasteiger partial charge in [0.15, 0.2) is 0 Å². The Morgan fingerprint density at radius 2 is 2.05 bits per heavy atom. The fourth-order valence-electron chi connectivity index (χ4n) is 1.86. The summed E-state index contributed by atoms with van der Waals surface area (Å²) in [5.41, 5.74) is 1.21. The molecule has 2 N–H and O–H groups in total. The summed E-state index contributed by atoms with van der Waals surface area (Å²) < 4.78 is 5.53. The number of thioether (sulfide) groups is 1. The Morgan fingerprint density at radius 3 is 2.81 bits per heavy atom. The van der Waals surface area contributed by atoms with Crippen LogP contribution in [0.5, 0.6) is 5.75 Å². The van der Waals surface area contributed by atoms with Gasteiger partial charge in [-0.05, 0) is 36.6 Å². The highest BCUT2D eigenvalue weighted by atomic mass is 32.2. The minimum atomic E-state index is -0.980. The Balaban J connectivity index is 1.86. The molecule has 0 amide bonds. The van der Waals surface area contributed by atoms with E-state index in [1.807, 2.05) is 18.4 Å². The predicted octanol–water partition coefficient (Wildman–Crippen LogP) is 3.60. The molecule has 2 rings (SSSR count). The average molecular weight is 303 g/mol. The summed E-state index contributed by atoms with van der Waals surface area (Å²) in [7, 11) is 0. The number of hydrogen-bond donors (Lipinski definition) is 2. The van der Waals surface area contributed by atoms with Crippen molar-refractivity contribution >= 4 is 23.4 Å². The van der Waals surface area contributed by atoms with Gasteiger partial charge < -0.3 is 15.2 Å². The Kier molecular flexibility index (Phi) is 5.51. The molecule has 5 heteroatoms. The van der Waals surface area contributed by atoms with E-state index in [1.54, 1.807) is 30.0 Å².